The van der Waals surface area contributed by atoms with E-state index in [9.17, 15) is 9.18 Å². The normalized spacial score (nSPS) is 17.0. The van der Waals surface area contributed by atoms with Crippen LogP contribution in [0.1, 0.15) is 11.1 Å². The summed E-state index contributed by atoms with van der Waals surface area (Å²) in [6.45, 7) is 6.76. The molecule has 1 amide bonds. The fourth-order valence-corrected chi connectivity index (χ4v) is 2.60. The van der Waals surface area contributed by atoms with Crippen LogP contribution >= 0.6 is 0 Å². The molecule has 0 saturated carbocycles. The Balaban J connectivity index is 1.82. The van der Waals surface area contributed by atoms with Gasteiger partial charge in [0.05, 0.1) is 6.54 Å². The summed E-state index contributed by atoms with van der Waals surface area (Å²) in [5, 5.41) is 0. The van der Waals surface area contributed by atoms with Crippen LogP contribution < -0.4 is 0 Å². The Kier molecular flexibility index (Phi) is 5.31. The van der Waals surface area contributed by atoms with Crippen molar-refractivity contribution in [3.63, 3.8) is 0 Å². The lowest BCUT2D eigenvalue weighted by Gasteiger charge is -2.34. The molecule has 2 rings (SSSR count). The highest BCUT2D eigenvalue weighted by molar-refractivity contribution is 5.77. The van der Waals surface area contributed by atoms with E-state index in [0.29, 0.717) is 6.54 Å². The van der Waals surface area contributed by atoms with Gasteiger partial charge in [0, 0.05) is 46.8 Å². The van der Waals surface area contributed by atoms with Crippen molar-refractivity contribution in [2.75, 3.05) is 46.8 Å². The lowest BCUT2D eigenvalue weighted by molar-refractivity contribution is -0.130. The summed E-state index contributed by atoms with van der Waals surface area (Å²) in [7, 11) is 3.57. The van der Waals surface area contributed by atoms with Crippen molar-refractivity contribution in [2.45, 2.75) is 13.5 Å². The summed E-state index contributed by atoms with van der Waals surface area (Å²) in [4.78, 5) is 17.8. The Morgan fingerprint density at radius 2 is 1.76 bits per heavy atom. The molecule has 0 N–H and O–H groups in total. The van der Waals surface area contributed by atoms with Gasteiger partial charge in [0.2, 0.25) is 5.91 Å². The molecule has 5 heteroatoms. The molecule has 0 radical (unpaired) electrons. The molecule has 1 fully saturated rings. The highest BCUT2D eigenvalue weighted by atomic mass is 19.1. The van der Waals surface area contributed by atoms with Crippen molar-refractivity contribution in [1.82, 2.24) is 14.7 Å². The monoisotopic (exact) mass is 293 g/mol. The molecular weight excluding hydrogens is 269 g/mol. The fourth-order valence-electron chi connectivity index (χ4n) is 2.60. The van der Waals surface area contributed by atoms with Crippen LogP contribution in [0.15, 0.2) is 18.2 Å². The van der Waals surface area contributed by atoms with E-state index in [-0.39, 0.29) is 11.7 Å². The molecule has 1 saturated heterocycles. The Bertz CT molecular complexity index is 476. The van der Waals surface area contributed by atoms with E-state index < -0.39 is 0 Å². The van der Waals surface area contributed by atoms with Crippen LogP contribution in [0.5, 0.6) is 0 Å². The van der Waals surface area contributed by atoms with Gasteiger partial charge in [0.1, 0.15) is 5.82 Å². The maximum atomic E-state index is 13.4. The smallest absolute Gasteiger partial charge is 0.236 e. The van der Waals surface area contributed by atoms with E-state index in [1.165, 1.54) is 0 Å². The van der Waals surface area contributed by atoms with Crippen molar-refractivity contribution < 1.29 is 9.18 Å². The van der Waals surface area contributed by atoms with Crippen LogP contribution in [0.2, 0.25) is 0 Å². The Morgan fingerprint density at radius 3 is 2.33 bits per heavy atom. The number of rotatable bonds is 4. The third kappa shape index (κ3) is 4.79. The fraction of sp³-hybridized carbons (Fsp3) is 0.562. The summed E-state index contributed by atoms with van der Waals surface area (Å²) in [6, 6.07) is 5.19. The van der Waals surface area contributed by atoms with Gasteiger partial charge in [0.15, 0.2) is 0 Å². The summed E-state index contributed by atoms with van der Waals surface area (Å²) in [6.07, 6.45) is 0. The second kappa shape index (κ2) is 7.00. The number of benzene rings is 1. The number of amides is 1. The number of halogens is 1. The minimum absolute atomic E-state index is 0.143. The molecule has 116 valence electrons. The van der Waals surface area contributed by atoms with Crippen LogP contribution in [0.4, 0.5) is 4.39 Å². The first-order valence-electron chi connectivity index (χ1n) is 7.35. The van der Waals surface area contributed by atoms with Crippen LogP contribution in [-0.4, -0.2) is 67.4 Å². The van der Waals surface area contributed by atoms with E-state index in [1.807, 2.05) is 13.0 Å². The maximum absolute atomic E-state index is 13.4. The van der Waals surface area contributed by atoms with Crippen molar-refractivity contribution in [3.05, 3.63) is 35.1 Å². The zero-order valence-electron chi connectivity index (χ0n) is 13.1. The molecule has 1 aromatic rings. The Morgan fingerprint density at radius 1 is 1.14 bits per heavy atom. The van der Waals surface area contributed by atoms with Crippen LogP contribution in [-0.2, 0) is 11.3 Å². The number of hydrogen-bond acceptors (Lipinski definition) is 3. The van der Waals surface area contributed by atoms with Gasteiger partial charge in [-0.05, 0) is 30.2 Å². The van der Waals surface area contributed by atoms with Crippen LogP contribution in [0.25, 0.3) is 0 Å². The van der Waals surface area contributed by atoms with E-state index >= 15 is 0 Å². The van der Waals surface area contributed by atoms with Crippen molar-refractivity contribution in [2.24, 2.45) is 0 Å². The number of aryl methyl sites for hydroxylation is 1. The van der Waals surface area contributed by atoms with Crippen molar-refractivity contribution in [1.29, 1.82) is 0 Å². The first-order chi connectivity index (χ1) is 9.94. The molecule has 0 aromatic heterocycles. The molecule has 0 bridgehead atoms. The second-order valence-electron chi connectivity index (χ2n) is 5.98. The van der Waals surface area contributed by atoms with Crippen molar-refractivity contribution >= 4 is 5.91 Å². The van der Waals surface area contributed by atoms with Crippen LogP contribution in [0.3, 0.4) is 0 Å². The van der Waals surface area contributed by atoms with Gasteiger partial charge in [-0.2, -0.15) is 0 Å². The molecule has 0 spiro atoms. The number of carbonyl (C=O) groups is 1. The zero-order chi connectivity index (χ0) is 15.4. The molecular formula is C16H24FN3O. The van der Waals surface area contributed by atoms with E-state index in [1.54, 1.807) is 31.1 Å². The number of piperazine rings is 1. The molecule has 21 heavy (non-hydrogen) atoms. The Labute approximate surface area is 126 Å². The summed E-state index contributed by atoms with van der Waals surface area (Å²) in [5.74, 6) is -0.0237. The topological polar surface area (TPSA) is 26.8 Å². The summed E-state index contributed by atoms with van der Waals surface area (Å²) in [5.41, 5.74) is 1.98. The third-order valence-electron chi connectivity index (χ3n) is 3.83. The van der Waals surface area contributed by atoms with E-state index in [2.05, 4.69) is 9.80 Å². The average Bonchev–Trinajstić information content (AvgIpc) is 2.39. The van der Waals surface area contributed by atoms with Gasteiger partial charge >= 0.3 is 0 Å². The first kappa shape index (κ1) is 15.9. The van der Waals surface area contributed by atoms with Gasteiger partial charge in [-0.1, -0.05) is 6.07 Å². The van der Waals surface area contributed by atoms with Gasteiger partial charge in [-0.15, -0.1) is 0 Å². The first-order valence-corrected chi connectivity index (χ1v) is 7.35. The van der Waals surface area contributed by atoms with Gasteiger partial charge in [0.25, 0.3) is 0 Å². The quantitative estimate of drug-likeness (QED) is 0.838. The second-order valence-corrected chi connectivity index (χ2v) is 5.98. The van der Waals surface area contributed by atoms with Gasteiger partial charge in [-0.25, -0.2) is 4.39 Å². The van der Waals surface area contributed by atoms with Gasteiger partial charge < -0.3 is 4.90 Å². The maximum Gasteiger partial charge on any atom is 0.236 e. The number of nitrogens with zero attached hydrogens (tertiary/aromatic N) is 3. The third-order valence-corrected chi connectivity index (χ3v) is 3.83. The molecule has 0 atom stereocenters. The lowest BCUT2D eigenvalue weighted by atomic mass is 10.1. The number of hydrogen-bond donors (Lipinski definition) is 0. The Hall–Kier alpha value is -1.46. The molecule has 1 heterocycles. The van der Waals surface area contributed by atoms with Crippen LogP contribution in [0, 0.1) is 12.7 Å². The largest absolute Gasteiger partial charge is 0.348 e. The number of carbonyl (C=O) groups excluding carboxylic acids is 1. The summed E-state index contributed by atoms with van der Waals surface area (Å²) < 4.78 is 13.4. The summed E-state index contributed by atoms with van der Waals surface area (Å²) >= 11 is 0. The molecule has 1 aliphatic heterocycles. The van der Waals surface area contributed by atoms with Crippen molar-refractivity contribution in [3.8, 4) is 0 Å². The molecule has 4 nitrogen and oxygen atoms in total. The highest BCUT2D eigenvalue weighted by Crippen LogP contribution is 2.12. The van der Waals surface area contributed by atoms with Gasteiger partial charge in [-0.3, -0.25) is 14.6 Å². The lowest BCUT2D eigenvalue weighted by Crippen LogP contribution is -2.48. The molecule has 0 unspecified atom stereocenters. The molecule has 1 aliphatic rings. The SMILES string of the molecule is Cc1cc(F)cc(CN2CCN(CC(=O)N(C)C)CC2)c1. The van der Waals surface area contributed by atoms with E-state index in [4.69, 9.17) is 0 Å². The van der Waals surface area contributed by atoms with E-state index in [0.717, 1.165) is 43.9 Å². The standard InChI is InChI=1S/C16H24FN3O/c1-13-8-14(10-15(17)9-13)11-19-4-6-20(7-5-19)12-16(21)18(2)3/h8-10H,4-7,11-12H2,1-3H3. The molecule has 0 aliphatic carbocycles. The predicted octanol–water partition coefficient (Wildman–Crippen LogP) is 1.34. The number of likely N-dealkylation sites (N-methyl/N-ethyl adjacent to an activating group) is 1. The highest BCUT2D eigenvalue weighted by Gasteiger charge is 2.19. The average molecular weight is 293 g/mol. The minimum Gasteiger partial charge on any atom is -0.348 e. The predicted molar refractivity (Wildman–Crippen MR) is 81.5 cm³/mol. The minimum atomic E-state index is -0.166. The zero-order valence-corrected chi connectivity index (χ0v) is 13.1. The molecule has 1 aromatic carbocycles.